The highest BCUT2D eigenvalue weighted by Crippen LogP contribution is 2.13. The van der Waals surface area contributed by atoms with Crippen LogP contribution >= 0.6 is 0 Å². The Morgan fingerprint density at radius 2 is 1.72 bits per heavy atom. The molecule has 1 rings (SSSR count). The topological polar surface area (TPSA) is 66.4 Å². The number of benzene rings is 1. The molecule has 0 saturated carbocycles. The Morgan fingerprint density at radius 3 is 2.22 bits per heavy atom. The Labute approximate surface area is 107 Å². The lowest BCUT2D eigenvalue weighted by molar-refractivity contribution is -0.255. The zero-order valence-corrected chi connectivity index (χ0v) is 10.8. The molecular formula is C14H17O4-. The monoisotopic (exact) mass is 249 g/mol. The number of ether oxygens (including phenoxy) is 1. The Balaban J connectivity index is 2.81. The van der Waals surface area contributed by atoms with Crippen LogP contribution in [0.2, 0.25) is 0 Å². The van der Waals surface area contributed by atoms with Crippen molar-refractivity contribution >= 4 is 11.9 Å². The van der Waals surface area contributed by atoms with Crippen molar-refractivity contribution in [1.82, 2.24) is 0 Å². The summed E-state index contributed by atoms with van der Waals surface area (Å²) in [4.78, 5) is 22.7. The Hall–Kier alpha value is -1.84. The minimum absolute atomic E-state index is 0.0353. The molecule has 0 N–H and O–H groups in total. The standard InChI is InChI=1S/C14H18O4/c1-9(2)8-10(3)18-14(17)12-7-5-4-6-11(12)13(15)16/h4-7,9-10H,8H2,1-3H3,(H,15,16)/p-1. The fourth-order valence-corrected chi connectivity index (χ4v) is 1.80. The first-order valence-corrected chi connectivity index (χ1v) is 5.93. The quantitative estimate of drug-likeness (QED) is 0.744. The number of carbonyl (C=O) groups is 2. The zero-order chi connectivity index (χ0) is 13.7. The molecule has 0 bridgehead atoms. The van der Waals surface area contributed by atoms with E-state index in [4.69, 9.17) is 4.74 Å². The average molecular weight is 249 g/mol. The smallest absolute Gasteiger partial charge is 0.339 e. The molecule has 1 aromatic carbocycles. The zero-order valence-electron chi connectivity index (χ0n) is 10.8. The van der Waals surface area contributed by atoms with Crippen LogP contribution in [0.3, 0.4) is 0 Å². The van der Waals surface area contributed by atoms with Crippen molar-refractivity contribution in [2.45, 2.75) is 33.3 Å². The molecule has 0 heterocycles. The van der Waals surface area contributed by atoms with Gasteiger partial charge in [-0.2, -0.15) is 0 Å². The predicted octanol–water partition coefficient (Wildman–Crippen LogP) is 1.64. The molecule has 1 unspecified atom stereocenters. The highest BCUT2D eigenvalue weighted by Gasteiger charge is 2.16. The number of esters is 1. The highest BCUT2D eigenvalue weighted by atomic mass is 16.5. The van der Waals surface area contributed by atoms with E-state index in [-0.39, 0.29) is 17.2 Å². The van der Waals surface area contributed by atoms with Crippen LogP contribution < -0.4 is 5.11 Å². The first-order valence-electron chi connectivity index (χ1n) is 5.93. The third-order valence-corrected chi connectivity index (χ3v) is 2.48. The van der Waals surface area contributed by atoms with Crippen molar-refractivity contribution in [3.8, 4) is 0 Å². The van der Waals surface area contributed by atoms with Crippen molar-refractivity contribution in [2.24, 2.45) is 5.92 Å². The maximum absolute atomic E-state index is 11.8. The van der Waals surface area contributed by atoms with E-state index in [1.54, 1.807) is 19.1 Å². The molecule has 0 aliphatic carbocycles. The Kier molecular flexibility index (Phi) is 4.89. The summed E-state index contributed by atoms with van der Waals surface area (Å²) in [6.07, 6.45) is 0.492. The van der Waals surface area contributed by atoms with Crippen molar-refractivity contribution < 1.29 is 19.4 Å². The number of carboxylic acid groups (broad SMARTS) is 1. The summed E-state index contributed by atoms with van der Waals surface area (Å²) < 4.78 is 5.21. The number of hydrogen-bond acceptors (Lipinski definition) is 4. The second-order valence-corrected chi connectivity index (χ2v) is 4.68. The summed E-state index contributed by atoms with van der Waals surface area (Å²) in [7, 11) is 0. The van der Waals surface area contributed by atoms with E-state index in [0.717, 1.165) is 6.42 Å². The van der Waals surface area contributed by atoms with Gasteiger partial charge in [0.15, 0.2) is 0 Å². The molecule has 0 aliphatic heterocycles. The van der Waals surface area contributed by atoms with E-state index < -0.39 is 11.9 Å². The molecule has 1 atom stereocenters. The number of aromatic carboxylic acids is 1. The first-order chi connectivity index (χ1) is 8.41. The van der Waals surface area contributed by atoms with Gasteiger partial charge in [-0.05, 0) is 25.3 Å². The van der Waals surface area contributed by atoms with Crippen LogP contribution in [0.15, 0.2) is 24.3 Å². The molecule has 1 aromatic rings. The molecule has 0 saturated heterocycles. The van der Waals surface area contributed by atoms with Gasteiger partial charge in [0.2, 0.25) is 0 Å². The molecule has 4 heteroatoms. The van der Waals surface area contributed by atoms with Crippen molar-refractivity contribution in [2.75, 3.05) is 0 Å². The van der Waals surface area contributed by atoms with Crippen LogP contribution in [0, 0.1) is 5.92 Å². The van der Waals surface area contributed by atoms with Crippen molar-refractivity contribution in [1.29, 1.82) is 0 Å². The van der Waals surface area contributed by atoms with Gasteiger partial charge in [0.05, 0.1) is 17.6 Å². The Bertz CT molecular complexity index is 437. The van der Waals surface area contributed by atoms with Crippen molar-refractivity contribution in [3.05, 3.63) is 35.4 Å². The molecule has 0 radical (unpaired) electrons. The van der Waals surface area contributed by atoms with Crippen LogP contribution in [0.25, 0.3) is 0 Å². The fourth-order valence-electron chi connectivity index (χ4n) is 1.80. The van der Waals surface area contributed by atoms with Gasteiger partial charge in [-0.15, -0.1) is 0 Å². The minimum atomic E-state index is -1.38. The van der Waals surface area contributed by atoms with Crippen LogP contribution in [-0.2, 0) is 4.74 Å². The fraction of sp³-hybridized carbons (Fsp3) is 0.429. The van der Waals surface area contributed by atoms with Crippen LogP contribution in [0.5, 0.6) is 0 Å². The van der Waals surface area contributed by atoms with Gasteiger partial charge < -0.3 is 14.6 Å². The van der Waals surface area contributed by atoms with Gasteiger partial charge >= 0.3 is 5.97 Å². The normalized spacial score (nSPS) is 12.2. The second-order valence-electron chi connectivity index (χ2n) is 4.68. The minimum Gasteiger partial charge on any atom is -0.545 e. The molecule has 0 aromatic heterocycles. The van der Waals surface area contributed by atoms with Gasteiger partial charge in [-0.3, -0.25) is 0 Å². The lowest BCUT2D eigenvalue weighted by atomic mass is 10.1. The largest absolute Gasteiger partial charge is 0.545 e. The maximum atomic E-state index is 11.8. The second kappa shape index (κ2) is 6.19. The first kappa shape index (κ1) is 14.2. The lowest BCUT2D eigenvalue weighted by Crippen LogP contribution is -2.26. The molecule has 18 heavy (non-hydrogen) atoms. The molecule has 0 amide bonds. The third-order valence-electron chi connectivity index (χ3n) is 2.48. The molecule has 0 aliphatic rings. The summed E-state index contributed by atoms with van der Waals surface area (Å²) >= 11 is 0. The molecule has 4 nitrogen and oxygen atoms in total. The molecule has 0 spiro atoms. The molecule has 98 valence electrons. The summed E-state index contributed by atoms with van der Waals surface area (Å²) in [5.74, 6) is -1.59. The predicted molar refractivity (Wildman–Crippen MR) is 65.1 cm³/mol. The highest BCUT2D eigenvalue weighted by molar-refractivity contribution is 6.01. The summed E-state index contributed by atoms with van der Waals surface area (Å²) in [5, 5.41) is 10.9. The Morgan fingerprint density at radius 1 is 1.17 bits per heavy atom. The molecular weight excluding hydrogens is 232 g/mol. The van der Waals surface area contributed by atoms with Gasteiger partial charge in [0.25, 0.3) is 0 Å². The molecule has 0 fully saturated rings. The van der Waals surface area contributed by atoms with Crippen molar-refractivity contribution in [3.63, 3.8) is 0 Å². The van der Waals surface area contributed by atoms with E-state index in [1.807, 2.05) is 13.8 Å². The maximum Gasteiger partial charge on any atom is 0.339 e. The number of rotatable bonds is 5. The number of hydrogen-bond donors (Lipinski definition) is 0. The summed E-state index contributed by atoms with van der Waals surface area (Å²) in [6.45, 7) is 5.85. The van der Waals surface area contributed by atoms with Crippen LogP contribution in [0.1, 0.15) is 47.9 Å². The van der Waals surface area contributed by atoms with E-state index in [1.165, 1.54) is 12.1 Å². The average Bonchev–Trinajstić information content (AvgIpc) is 2.27. The van der Waals surface area contributed by atoms with Gasteiger partial charge in [-0.25, -0.2) is 4.79 Å². The van der Waals surface area contributed by atoms with Crippen LogP contribution in [0.4, 0.5) is 0 Å². The van der Waals surface area contributed by atoms with E-state index in [0.29, 0.717) is 5.92 Å². The summed E-state index contributed by atoms with van der Waals surface area (Å²) in [5.41, 5.74) is -0.104. The van der Waals surface area contributed by atoms with Gasteiger partial charge in [0, 0.05) is 5.56 Å². The van der Waals surface area contributed by atoms with E-state index >= 15 is 0 Å². The number of carboxylic acids is 1. The third kappa shape index (κ3) is 3.87. The lowest BCUT2D eigenvalue weighted by Gasteiger charge is -2.16. The van der Waals surface area contributed by atoms with Crippen LogP contribution in [-0.4, -0.2) is 18.0 Å². The SMILES string of the molecule is CC(C)CC(C)OC(=O)c1ccccc1C(=O)[O-]. The summed E-state index contributed by atoms with van der Waals surface area (Å²) in [6, 6.07) is 5.89. The van der Waals surface area contributed by atoms with Gasteiger partial charge in [-0.1, -0.05) is 32.0 Å². The van der Waals surface area contributed by atoms with Gasteiger partial charge in [0.1, 0.15) is 0 Å². The van der Waals surface area contributed by atoms with E-state index in [9.17, 15) is 14.7 Å². The van der Waals surface area contributed by atoms with E-state index in [2.05, 4.69) is 0 Å². The number of carbonyl (C=O) groups excluding carboxylic acids is 2.